The van der Waals surface area contributed by atoms with Crippen molar-refractivity contribution in [1.29, 1.82) is 0 Å². The van der Waals surface area contributed by atoms with E-state index in [1.165, 1.54) is 12.8 Å². The van der Waals surface area contributed by atoms with Crippen molar-refractivity contribution in [3.8, 4) is 10.8 Å². The van der Waals surface area contributed by atoms with E-state index < -0.39 is 5.60 Å². The first-order chi connectivity index (χ1) is 9.23. The van der Waals surface area contributed by atoms with Crippen LogP contribution >= 0.6 is 11.3 Å². The minimum absolute atomic E-state index is 0.416. The summed E-state index contributed by atoms with van der Waals surface area (Å²) in [4.78, 5) is 7.79. The van der Waals surface area contributed by atoms with Crippen molar-refractivity contribution in [2.24, 2.45) is 5.92 Å². The molecule has 0 atom stereocenters. The first kappa shape index (κ1) is 11.6. The highest BCUT2D eigenvalue weighted by atomic mass is 32.1. The molecule has 2 aromatic rings. The quantitative estimate of drug-likeness (QED) is 0.931. The molecule has 0 radical (unpaired) electrons. The third-order valence-electron chi connectivity index (χ3n) is 4.00. The molecule has 2 aliphatic rings. The summed E-state index contributed by atoms with van der Waals surface area (Å²) < 4.78 is 5.50. The first-order valence-electron chi connectivity index (χ1n) is 6.66. The highest BCUT2D eigenvalue weighted by molar-refractivity contribution is 7.13. The summed E-state index contributed by atoms with van der Waals surface area (Å²) in [5.74, 6) is 1.24. The van der Waals surface area contributed by atoms with Gasteiger partial charge in [0, 0.05) is 19.6 Å². The Balaban J connectivity index is 1.39. The molecule has 0 aromatic carbocycles. The van der Waals surface area contributed by atoms with Gasteiger partial charge in [0.1, 0.15) is 6.26 Å². The second kappa shape index (κ2) is 4.16. The van der Waals surface area contributed by atoms with Crippen molar-refractivity contribution in [2.75, 3.05) is 13.1 Å². The average Bonchev–Trinajstić information content (AvgIpc) is 2.89. The lowest BCUT2D eigenvalue weighted by Gasteiger charge is -2.46. The Morgan fingerprint density at radius 3 is 3.00 bits per heavy atom. The molecular formula is C14H16N2O2S. The molecule has 1 N–H and O–H groups in total. The third kappa shape index (κ3) is 2.12. The second-order valence-electron chi connectivity index (χ2n) is 5.64. The van der Waals surface area contributed by atoms with Crippen LogP contribution in [0.1, 0.15) is 18.5 Å². The second-order valence-corrected chi connectivity index (χ2v) is 6.59. The fraction of sp³-hybridized carbons (Fsp3) is 0.500. The van der Waals surface area contributed by atoms with Crippen molar-refractivity contribution >= 4 is 11.3 Å². The van der Waals surface area contributed by atoms with E-state index in [0.29, 0.717) is 11.8 Å². The van der Waals surface area contributed by atoms with E-state index >= 15 is 0 Å². The minimum atomic E-state index is -0.416. The smallest absolute Gasteiger partial charge is 0.236 e. The van der Waals surface area contributed by atoms with Gasteiger partial charge in [0.25, 0.3) is 0 Å². The van der Waals surface area contributed by atoms with Crippen LogP contribution in [0, 0.1) is 5.92 Å². The number of oxazole rings is 1. The van der Waals surface area contributed by atoms with E-state index in [4.69, 9.17) is 4.42 Å². The topological polar surface area (TPSA) is 49.5 Å². The Morgan fingerprint density at radius 1 is 1.47 bits per heavy atom. The van der Waals surface area contributed by atoms with E-state index in [-0.39, 0.29) is 0 Å². The Bertz CT molecular complexity index is 568. The predicted octanol–water partition coefficient (Wildman–Crippen LogP) is 2.36. The van der Waals surface area contributed by atoms with Gasteiger partial charge in [0.05, 0.1) is 16.2 Å². The molecule has 4 rings (SSSR count). The maximum Gasteiger partial charge on any atom is 0.236 e. The van der Waals surface area contributed by atoms with Crippen LogP contribution in [-0.2, 0) is 6.54 Å². The molecule has 0 spiro atoms. The van der Waals surface area contributed by atoms with Crippen molar-refractivity contribution in [3.63, 3.8) is 0 Å². The summed E-state index contributed by atoms with van der Waals surface area (Å²) in [5, 5.41) is 12.3. The minimum Gasteiger partial charge on any atom is -0.444 e. The van der Waals surface area contributed by atoms with Gasteiger partial charge in [-0.1, -0.05) is 6.07 Å². The van der Waals surface area contributed by atoms with E-state index in [9.17, 15) is 5.11 Å². The Morgan fingerprint density at radius 2 is 2.32 bits per heavy atom. The van der Waals surface area contributed by atoms with Crippen LogP contribution in [0.15, 0.2) is 28.2 Å². The summed E-state index contributed by atoms with van der Waals surface area (Å²) in [6.07, 6.45) is 4.11. The molecule has 4 nitrogen and oxygen atoms in total. The maximum atomic E-state index is 10.3. The van der Waals surface area contributed by atoms with Gasteiger partial charge >= 0.3 is 0 Å². The molecule has 1 saturated heterocycles. The molecule has 0 amide bonds. The summed E-state index contributed by atoms with van der Waals surface area (Å²) in [5.41, 5.74) is 0.529. The molecule has 2 aromatic heterocycles. The highest BCUT2D eigenvalue weighted by Crippen LogP contribution is 2.44. The van der Waals surface area contributed by atoms with Crippen LogP contribution in [0.25, 0.3) is 10.8 Å². The molecule has 0 unspecified atom stereocenters. The van der Waals surface area contributed by atoms with Crippen molar-refractivity contribution in [2.45, 2.75) is 25.0 Å². The van der Waals surface area contributed by atoms with Crippen LogP contribution in [0.4, 0.5) is 0 Å². The zero-order chi connectivity index (χ0) is 12.9. The molecule has 3 heterocycles. The fourth-order valence-corrected chi connectivity index (χ4v) is 3.50. The number of β-amino-alcohol motifs (C(OH)–C–C–N with tert-alkyl or cyclic N) is 1. The lowest BCUT2D eigenvalue weighted by atomic mass is 9.89. The van der Waals surface area contributed by atoms with E-state index in [0.717, 1.165) is 30.2 Å². The molecule has 19 heavy (non-hydrogen) atoms. The summed E-state index contributed by atoms with van der Waals surface area (Å²) in [6.45, 7) is 2.32. The monoisotopic (exact) mass is 276 g/mol. The van der Waals surface area contributed by atoms with Gasteiger partial charge in [0.2, 0.25) is 5.89 Å². The number of likely N-dealkylation sites (tertiary alicyclic amines) is 1. The largest absolute Gasteiger partial charge is 0.444 e. The SMILES string of the molecule is OC1(C2CC2)CN(Cc2coc(-c3cccs3)n2)C1. The van der Waals surface area contributed by atoms with Crippen LogP contribution in [-0.4, -0.2) is 33.7 Å². The van der Waals surface area contributed by atoms with Crippen LogP contribution in [0.5, 0.6) is 0 Å². The van der Waals surface area contributed by atoms with E-state index in [1.807, 2.05) is 17.5 Å². The molecular weight excluding hydrogens is 260 g/mol. The van der Waals surface area contributed by atoms with Gasteiger partial charge in [-0.05, 0) is 30.2 Å². The van der Waals surface area contributed by atoms with Gasteiger partial charge in [0.15, 0.2) is 0 Å². The number of hydrogen-bond donors (Lipinski definition) is 1. The summed E-state index contributed by atoms with van der Waals surface area (Å²) >= 11 is 1.63. The van der Waals surface area contributed by atoms with Crippen LogP contribution < -0.4 is 0 Å². The van der Waals surface area contributed by atoms with E-state index in [2.05, 4.69) is 9.88 Å². The number of aliphatic hydroxyl groups is 1. The molecule has 2 fully saturated rings. The van der Waals surface area contributed by atoms with Gasteiger partial charge in [-0.15, -0.1) is 11.3 Å². The van der Waals surface area contributed by atoms with Crippen LogP contribution in [0.2, 0.25) is 0 Å². The summed E-state index contributed by atoms with van der Waals surface area (Å²) in [7, 11) is 0. The number of aromatic nitrogens is 1. The van der Waals surface area contributed by atoms with Gasteiger partial charge < -0.3 is 9.52 Å². The zero-order valence-corrected chi connectivity index (χ0v) is 11.4. The lowest BCUT2D eigenvalue weighted by Crippen LogP contribution is -2.62. The average molecular weight is 276 g/mol. The Hall–Kier alpha value is -1.17. The number of rotatable bonds is 4. The fourth-order valence-electron chi connectivity index (χ4n) is 2.84. The Labute approximate surface area is 115 Å². The molecule has 100 valence electrons. The highest BCUT2D eigenvalue weighted by Gasteiger charge is 2.51. The van der Waals surface area contributed by atoms with Crippen molar-refractivity contribution in [1.82, 2.24) is 9.88 Å². The zero-order valence-electron chi connectivity index (χ0n) is 10.6. The normalized spacial score (nSPS) is 22.4. The Kier molecular flexibility index (Phi) is 2.55. The summed E-state index contributed by atoms with van der Waals surface area (Å²) in [6, 6.07) is 4.00. The van der Waals surface area contributed by atoms with Gasteiger partial charge in [-0.3, -0.25) is 4.90 Å². The standard InChI is InChI=1S/C14H16N2O2S/c17-14(10-3-4-10)8-16(9-14)6-11-7-18-13(15-11)12-2-1-5-19-12/h1-2,5,7,10,17H,3-4,6,8-9H2. The third-order valence-corrected chi connectivity index (χ3v) is 4.86. The maximum absolute atomic E-state index is 10.3. The van der Waals surface area contributed by atoms with Crippen molar-refractivity contribution < 1.29 is 9.52 Å². The molecule has 0 bridgehead atoms. The first-order valence-corrected chi connectivity index (χ1v) is 7.54. The molecule has 1 aliphatic carbocycles. The van der Waals surface area contributed by atoms with E-state index in [1.54, 1.807) is 17.6 Å². The van der Waals surface area contributed by atoms with Crippen molar-refractivity contribution in [3.05, 3.63) is 29.5 Å². The number of thiophene rings is 1. The van der Waals surface area contributed by atoms with Crippen LogP contribution in [0.3, 0.4) is 0 Å². The number of hydrogen-bond acceptors (Lipinski definition) is 5. The molecule has 1 saturated carbocycles. The molecule has 5 heteroatoms. The number of nitrogens with zero attached hydrogens (tertiary/aromatic N) is 2. The van der Waals surface area contributed by atoms with Gasteiger partial charge in [-0.25, -0.2) is 4.98 Å². The lowest BCUT2D eigenvalue weighted by molar-refractivity contribution is -0.117. The van der Waals surface area contributed by atoms with Gasteiger partial charge in [-0.2, -0.15) is 0 Å². The molecule has 1 aliphatic heterocycles. The predicted molar refractivity (Wildman–Crippen MR) is 72.8 cm³/mol.